The minimum absolute atomic E-state index is 0. The third-order valence-electron chi connectivity index (χ3n) is 4.39. The van der Waals surface area contributed by atoms with E-state index in [1.807, 2.05) is 37.3 Å². The van der Waals surface area contributed by atoms with E-state index < -0.39 is 10.0 Å². The number of sulfonamides is 1. The summed E-state index contributed by atoms with van der Waals surface area (Å²) in [5, 5.41) is 8.50. The number of fused-ring (bicyclic) bond motifs is 1. The van der Waals surface area contributed by atoms with Gasteiger partial charge in [-0.15, -0.1) is 35.3 Å². The van der Waals surface area contributed by atoms with Gasteiger partial charge in [0.2, 0.25) is 10.0 Å². The van der Waals surface area contributed by atoms with Gasteiger partial charge in [0.15, 0.2) is 5.96 Å². The molecule has 6 nitrogen and oxygen atoms in total. The van der Waals surface area contributed by atoms with Crippen molar-refractivity contribution in [1.29, 1.82) is 0 Å². The first-order chi connectivity index (χ1) is 13.1. The highest BCUT2D eigenvalue weighted by molar-refractivity contribution is 14.0. The summed E-state index contributed by atoms with van der Waals surface area (Å²) in [7, 11) is -3.37. The lowest BCUT2D eigenvalue weighted by Crippen LogP contribution is -2.39. The van der Waals surface area contributed by atoms with E-state index in [4.69, 9.17) is 0 Å². The zero-order chi connectivity index (χ0) is 19.1. The van der Waals surface area contributed by atoms with Crippen LogP contribution >= 0.6 is 35.3 Å². The first-order valence-electron chi connectivity index (χ1n) is 9.23. The van der Waals surface area contributed by atoms with Crippen LogP contribution in [0.15, 0.2) is 46.8 Å². The van der Waals surface area contributed by atoms with E-state index in [0.717, 1.165) is 37.2 Å². The van der Waals surface area contributed by atoms with Crippen molar-refractivity contribution >= 4 is 57.0 Å². The summed E-state index contributed by atoms with van der Waals surface area (Å²) in [6, 6.07) is 11.8. The number of aliphatic imine (C=N–C) groups is 1. The van der Waals surface area contributed by atoms with Gasteiger partial charge in [-0.2, -0.15) is 0 Å². The first-order valence-corrected chi connectivity index (χ1v) is 11.7. The zero-order valence-corrected chi connectivity index (χ0v) is 19.9. The minimum Gasteiger partial charge on any atom is -0.357 e. The molecule has 28 heavy (non-hydrogen) atoms. The van der Waals surface area contributed by atoms with Crippen LogP contribution in [0.25, 0.3) is 0 Å². The molecule has 1 aliphatic heterocycles. The van der Waals surface area contributed by atoms with E-state index in [1.165, 1.54) is 9.18 Å². The van der Waals surface area contributed by atoms with Crippen LogP contribution < -0.4 is 14.9 Å². The van der Waals surface area contributed by atoms with E-state index in [0.29, 0.717) is 12.5 Å². The average Bonchev–Trinajstić information content (AvgIpc) is 3.31. The number of nitrogens with zero attached hydrogens (tertiary/aromatic N) is 2. The molecule has 1 aliphatic rings. The standard InChI is InChI=1S/C19H26N4O2S2.HI/c1-2-20-19(21-11-9-17-7-5-14-26-17)22-12-15-27(24,25)23-13-10-16-6-3-4-8-18(16)23;/h3-8,14H,2,9-13,15H2,1H3,(H2,20,21,22);1H. The highest BCUT2D eigenvalue weighted by Gasteiger charge is 2.28. The predicted molar refractivity (Wildman–Crippen MR) is 129 cm³/mol. The third kappa shape index (κ3) is 6.08. The maximum absolute atomic E-state index is 12.7. The lowest BCUT2D eigenvalue weighted by molar-refractivity contribution is 0.592. The SMILES string of the molecule is CCNC(=NCCS(=O)(=O)N1CCc2ccccc21)NCCc1cccs1.I. The fraction of sp³-hybridized carbons (Fsp3) is 0.421. The Kier molecular flexibility index (Phi) is 9.03. The molecule has 0 fully saturated rings. The average molecular weight is 534 g/mol. The number of nitrogens with one attached hydrogen (secondary N) is 2. The van der Waals surface area contributed by atoms with Gasteiger partial charge in [-0.25, -0.2) is 8.42 Å². The summed E-state index contributed by atoms with van der Waals surface area (Å²) >= 11 is 1.73. The van der Waals surface area contributed by atoms with E-state index in [-0.39, 0.29) is 36.3 Å². The minimum atomic E-state index is -3.37. The van der Waals surface area contributed by atoms with Gasteiger partial charge < -0.3 is 10.6 Å². The van der Waals surface area contributed by atoms with Crippen LogP contribution in [-0.2, 0) is 22.9 Å². The fourth-order valence-corrected chi connectivity index (χ4v) is 5.18. The van der Waals surface area contributed by atoms with Gasteiger partial charge in [0.05, 0.1) is 18.0 Å². The van der Waals surface area contributed by atoms with E-state index in [1.54, 1.807) is 11.3 Å². The number of para-hydroxylation sites is 1. The van der Waals surface area contributed by atoms with E-state index >= 15 is 0 Å². The maximum atomic E-state index is 12.7. The topological polar surface area (TPSA) is 73.8 Å². The molecule has 0 bridgehead atoms. The van der Waals surface area contributed by atoms with Crippen molar-refractivity contribution < 1.29 is 8.42 Å². The van der Waals surface area contributed by atoms with Gasteiger partial charge in [-0.3, -0.25) is 9.30 Å². The van der Waals surface area contributed by atoms with Gasteiger partial charge in [0.25, 0.3) is 0 Å². The van der Waals surface area contributed by atoms with Gasteiger partial charge in [-0.1, -0.05) is 24.3 Å². The van der Waals surface area contributed by atoms with Crippen LogP contribution in [0.5, 0.6) is 0 Å². The molecule has 1 aromatic carbocycles. The number of rotatable bonds is 8. The fourth-order valence-electron chi connectivity index (χ4n) is 3.08. The Hall–Kier alpha value is -1.33. The molecular formula is C19H27IN4O2S2. The molecule has 0 amide bonds. The van der Waals surface area contributed by atoms with Crippen LogP contribution in [0.4, 0.5) is 5.69 Å². The molecule has 0 spiro atoms. The van der Waals surface area contributed by atoms with E-state index in [9.17, 15) is 8.42 Å². The Morgan fingerprint density at radius 1 is 1.21 bits per heavy atom. The normalized spacial score (nSPS) is 13.8. The zero-order valence-electron chi connectivity index (χ0n) is 15.9. The summed E-state index contributed by atoms with van der Waals surface area (Å²) < 4.78 is 27.0. The second-order valence-corrected chi connectivity index (χ2v) is 9.33. The molecule has 9 heteroatoms. The molecule has 0 atom stereocenters. The molecule has 154 valence electrons. The van der Waals surface area contributed by atoms with Crippen molar-refractivity contribution in [3.8, 4) is 0 Å². The second-order valence-electron chi connectivity index (χ2n) is 6.28. The number of thiophene rings is 1. The number of guanidine groups is 1. The molecule has 2 heterocycles. The molecule has 0 unspecified atom stereocenters. The molecule has 2 aromatic rings. The Morgan fingerprint density at radius 3 is 2.79 bits per heavy atom. The number of halogens is 1. The summed E-state index contributed by atoms with van der Waals surface area (Å²) in [4.78, 5) is 5.75. The molecule has 0 saturated heterocycles. The Balaban J connectivity index is 0.00000280. The molecular weight excluding hydrogens is 507 g/mol. The molecule has 3 rings (SSSR count). The van der Waals surface area contributed by atoms with Crippen molar-refractivity contribution in [2.45, 2.75) is 19.8 Å². The summed E-state index contributed by atoms with van der Waals surface area (Å²) in [6.07, 6.45) is 1.69. The van der Waals surface area contributed by atoms with Crippen molar-refractivity contribution in [1.82, 2.24) is 10.6 Å². The van der Waals surface area contributed by atoms with Crippen LogP contribution in [-0.4, -0.2) is 46.3 Å². The van der Waals surface area contributed by atoms with E-state index in [2.05, 4.69) is 27.1 Å². The van der Waals surface area contributed by atoms with Crippen molar-refractivity contribution in [3.63, 3.8) is 0 Å². The van der Waals surface area contributed by atoms with Gasteiger partial charge in [0, 0.05) is 24.5 Å². The second kappa shape index (κ2) is 11.0. The molecule has 0 aliphatic carbocycles. The van der Waals surface area contributed by atoms with Crippen molar-refractivity contribution in [2.75, 3.05) is 36.2 Å². The van der Waals surface area contributed by atoms with Crippen molar-refractivity contribution in [2.24, 2.45) is 4.99 Å². The number of benzene rings is 1. The Bertz CT molecular complexity index is 870. The monoisotopic (exact) mass is 534 g/mol. The molecule has 0 radical (unpaired) electrons. The smallest absolute Gasteiger partial charge is 0.237 e. The number of hydrogen-bond donors (Lipinski definition) is 2. The Labute approximate surface area is 188 Å². The van der Waals surface area contributed by atoms with Gasteiger partial charge >= 0.3 is 0 Å². The third-order valence-corrected chi connectivity index (χ3v) is 7.07. The van der Waals surface area contributed by atoms with Crippen LogP contribution in [0.3, 0.4) is 0 Å². The lowest BCUT2D eigenvalue weighted by atomic mass is 10.2. The number of anilines is 1. The summed E-state index contributed by atoms with van der Waals surface area (Å²) in [5.41, 5.74) is 1.90. The highest BCUT2D eigenvalue weighted by Crippen LogP contribution is 2.29. The Morgan fingerprint density at radius 2 is 2.04 bits per heavy atom. The van der Waals surface area contributed by atoms with Crippen LogP contribution in [0.1, 0.15) is 17.4 Å². The first kappa shape index (κ1) is 23.0. The van der Waals surface area contributed by atoms with Gasteiger partial charge in [-0.05, 0) is 42.8 Å². The molecule has 1 aromatic heterocycles. The highest BCUT2D eigenvalue weighted by atomic mass is 127. The maximum Gasteiger partial charge on any atom is 0.237 e. The number of hydrogen-bond acceptors (Lipinski definition) is 4. The summed E-state index contributed by atoms with van der Waals surface area (Å²) in [5.74, 6) is 0.661. The van der Waals surface area contributed by atoms with Crippen molar-refractivity contribution in [3.05, 3.63) is 52.2 Å². The predicted octanol–water partition coefficient (Wildman–Crippen LogP) is 2.86. The molecule has 0 saturated carbocycles. The quantitative estimate of drug-likeness (QED) is 0.311. The lowest BCUT2D eigenvalue weighted by Gasteiger charge is -2.19. The largest absolute Gasteiger partial charge is 0.357 e. The van der Waals surface area contributed by atoms with Gasteiger partial charge in [0.1, 0.15) is 0 Å². The van der Waals surface area contributed by atoms with Crippen LogP contribution in [0.2, 0.25) is 0 Å². The summed E-state index contributed by atoms with van der Waals surface area (Å²) in [6.45, 7) is 4.24. The molecule has 2 N–H and O–H groups in total. The van der Waals surface area contributed by atoms with Crippen LogP contribution in [0, 0.1) is 0 Å².